The molecule has 2 aromatic heterocycles. The lowest BCUT2D eigenvalue weighted by atomic mass is 10.0. The highest BCUT2D eigenvalue weighted by molar-refractivity contribution is 6.09. The Bertz CT molecular complexity index is 1300. The third-order valence-corrected chi connectivity index (χ3v) is 4.73. The minimum absolute atomic E-state index is 0.141. The van der Waals surface area contributed by atoms with Crippen LogP contribution in [0.2, 0.25) is 0 Å². The van der Waals surface area contributed by atoms with Crippen molar-refractivity contribution in [1.82, 2.24) is 9.97 Å². The van der Waals surface area contributed by atoms with Crippen LogP contribution in [-0.4, -0.2) is 27.1 Å². The summed E-state index contributed by atoms with van der Waals surface area (Å²) in [6.45, 7) is 0. The third-order valence-electron chi connectivity index (χ3n) is 4.73. The number of alkyl halides is 3. The van der Waals surface area contributed by atoms with Gasteiger partial charge in [-0.2, -0.15) is 13.2 Å². The second kappa shape index (κ2) is 8.06. The molecule has 0 aliphatic carbocycles. The second-order valence-corrected chi connectivity index (χ2v) is 6.82. The lowest BCUT2D eigenvalue weighted by Gasteiger charge is -2.10. The summed E-state index contributed by atoms with van der Waals surface area (Å²) in [7, 11) is 0. The van der Waals surface area contributed by atoms with Crippen LogP contribution in [0.5, 0.6) is 0 Å². The topological polar surface area (TPSA) is 107 Å². The minimum atomic E-state index is -4.46. The predicted molar refractivity (Wildman–Crippen MR) is 113 cm³/mol. The van der Waals surface area contributed by atoms with Gasteiger partial charge in [0.2, 0.25) is 0 Å². The van der Waals surface area contributed by atoms with Crippen molar-refractivity contribution in [2.24, 2.45) is 0 Å². The monoisotopic (exact) mass is 440 g/mol. The van der Waals surface area contributed by atoms with Crippen molar-refractivity contribution in [2.75, 3.05) is 10.6 Å². The van der Waals surface area contributed by atoms with Gasteiger partial charge in [-0.25, -0.2) is 14.6 Å². The van der Waals surface area contributed by atoms with E-state index >= 15 is 0 Å². The van der Waals surface area contributed by atoms with Crippen LogP contribution in [0.25, 0.3) is 22.2 Å². The van der Waals surface area contributed by atoms with Crippen LogP contribution in [0.15, 0.2) is 67.0 Å². The molecule has 0 saturated heterocycles. The zero-order valence-electron chi connectivity index (χ0n) is 16.2. The fourth-order valence-electron chi connectivity index (χ4n) is 3.22. The van der Waals surface area contributed by atoms with Crippen LogP contribution in [-0.2, 0) is 6.18 Å². The van der Waals surface area contributed by atoms with Crippen molar-refractivity contribution in [2.45, 2.75) is 6.18 Å². The number of carbonyl (C=O) groups is 2. The number of nitrogens with one attached hydrogen (secondary N) is 3. The number of urea groups is 1. The molecular weight excluding hydrogens is 425 g/mol. The number of aromatic amines is 1. The summed E-state index contributed by atoms with van der Waals surface area (Å²) in [5.74, 6) is -1.04. The Kier molecular flexibility index (Phi) is 5.27. The van der Waals surface area contributed by atoms with Crippen molar-refractivity contribution in [1.29, 1.82) is 0 Å². The van der Waals surface area contributed by atoms with Crippen LogP contribution in [0.4, 0.5) is 29.3 Å². The fourth-order valence-corrected chi connectivity index (χ4v) is 3.22. The van der Waals surface area contributed by atoms with Crippen molar-refractivity contribution < 1.29 is 27.9 Å². The summed E-state index contributed by atoms with van der Waals surface area (Å²) in [4.78, 5) is 30.7. The Morgan fingerprint density at radius 3 is 2.25 bits per heavy atom. The molecule has 0 aliphatic rings. The van der Waals surface area contributed by atoms with E-state index in [-0.39, 0.29) is 11.3 Å². The number of amides is 2. The Hall–Kier alpha value is -4.34. The summed E-state index contributed by atoms with van der Waals surface area (Å²) in [6, 6.07) is 11.4. The summed E-state index contributed by atoms with van der Waals surface area (Å²) >= 11 is 0. The summed E-state index contributed by atoms with van der Waals surface area (Å²) in [5.41, 5.74) is 1.83. The highest BCUT2D eigenvalue weighted by Crippen LogP contribution is 2.33. The number of hydrogen-bond donors (Lipinski definition) is 4. The average molecular weight is 440 g/mol. The van der Waals surface area contributed by atoms with Crippen molar-refractivity contribution in [3.05, 3.63) is 78.1 Å². The van der Waals surface area contributed by atoms with E-state index in [4.69, 9.17) is 5.11 Å². The number of carbonyl (C=O) groups excluding carboxylic acids is 1. The number of aromatic nitrogens is 2. The van der Waals surface area contributed by atoms with Gasteiger partial charge in [-0.1, -0.05) is 12.1 Å². The zero-order valence-corrected chi connectivity index (χ0v) is 16.2. The zero-order chi connectivity index (χ0) is 22.9. The molecule has 0 unspecified atom stereocenters. The number of benzene rings is 2. The molecule has 2 aromatic carbocycles. The Morgan fingerprint density at radius 1 is 0.938 bits per heavy atom. The van der Waals surface area contributed by atoms with E-state index in [2.05, 4.69) is 20.6 Å². The van der Waals surface area contributed by atoms with E-state index in [1.165, 1.54) is 12.1 Å². The van der Waals surface area contributed by atoms with Gasteiger partial charge < -0.3 is 20.7 Å². The molecule has 162 valence electrons. The molecule has 0 bridgehead atoms. The molecule has 0 radical (unpaired) electrons. The molecule has 4 rings (SSSR count). The van der Waals surface area contributed by atoms with Gasteiger partial charge in [0, 0.05) is 18.1 Å². The van der Waals surface area contributed by atoms with Crippen molar-refractivity contribution in [3.63, 3.8) is 0 Å². The second-order valence-electron chi connectivity index (χ2n) is 6.82. The molecule has 0 atom stereocenters. The number of halogens is 3. The maximum Gasteiger partial charge on any atom is 0.416 e. The van der Waals surface area contributed by atoms with Gasteiger partial charge in [-0.05, 0) is 53.6 Å². The highest BCUT2D eigenvalue weighted by atomic mass is 19.4. The number of H-pyrrole nitrogens is 1. The van der Waals surface area contributed by atoms with E-state index < -0.39 is 23.7 Å². The van der Waals surface area contributed by atoms with Gasteiger partial charge in [-0.15, -0.1) is 0 Å². The number of aromatic carboxylic acids is 1. The van der Waals surface area contributed by atoms with E-state index in [1.54, 1.807) is 30.6 Å². The van der Waals surface area contributed by atoms with Crippen LogP contribution >= 0.6 is 0 Å². The van der Waals surface area contributed by atoms with Gasteiger partial charge in [0.25, 0.3) is 0 Å². The number of carboxylic acids is 1. The van der Waals surface area contributed by atoms with E-state index in [0.717, 1.165) is 24.3 Å². The molecule has 32 heavy (non-hydrogen) atoms. The lowest BCUT2D eigenvalue weighted by molar-refractivity contribution is -0.137. The van der Waals surface area contributed by atoms with Crippen LogP contribution in [0.3, 0.4) is 0 Å². The first-order valence-corrected chi connectivity index (χ1v) is 9.27. The van der Waals surface area contributed by atoms with Gasteiger partial charge in [0.1, 0.15) is 5.65 Å². The maximum absolute atomic E-state index is 12.7. The Labute approximate surface area is 178 Å². The van der Waals surface area contributed by atoms with Crippen molar-refractivity contribution in [3.8, 4) is 11.1 Å². The van der Waals surface area contributed by atoms with Gasteiger partial charge in [0.05, 0.1) is 22.2 Å². The largest absolute Gasteiger partial charge is 0.478 e. The first-order valence-electron chi connectivity index (χ1n) is 9.27. The Balaban J connectivity index is 1.58. The number of fused-ring (bicyclic) bond motifs is 1. The molecule has 0 spiro atoms. The number of rotatable bonds is 4. The first-order chi connectivity index (χ1) is 15.2. The standard InChI is InChI=1S/C22H15F3N4O3/c23-22(24,25)14-5-7-15(8-6-14)28-21(32)29-17-11-27-19-18(17)16(9-10-26-19)12-1-3-13(4-2-12)20(30)31/h1-11H,(H,26,27)(H,30,31)(H2,28,29,32). The molecule has 4 aromatic rings. The molecular formula is C22H15F3N4O3. The molecule has 10 heteroatoms. The average Bonchev–Trinajstić information content (AvgIpc) is 3.16. The minimum Gasteiger partial charge on any atom is -0.478 e. The quantitative estimate of drug-likeness (QED) is 0.332. The molecule has 7 nitrogen and oxygen atoms in total. The van der Waals surface area contributed by atoms with Gasteiger partial charge >= 0.3 is 18.2 Å². The molecule has 0 saturated carbocycles. The van der Waals surface area contributed by atoms with Crippen molar-refractivity contribution >= 4 is 34.4 Å². The number of pyridine rings is 1. The maximum atomic E-state index is 12.7. The molecule has 2 amide bonds. The van der Waals surface area contributed by atoms with E-state index in [9.17, 15) is 22.8 Å². The van der Waals surface area contributed by atoms with Gasteiger partial charge in [-0.3, -0.25) is 0 Å². The summed E-state index contributed by atoms with van der Waals surface area (Å²) in [6.07, 6.45) is -1.35. The number of anilines is 2. The van der Waals surface area contributed by atoms with E-state index in [0.29, 0.717) is 27.8 Å². The number of nitrogens with zero attached hydrogens (tertiary/aromatic N) is 1. The third kappa shape index (κ3) is 4.24. The molecule has 0 fully saturated rings. The van der Waals surface area contributed by atoms with E-state index in [1.807, 2.05) is 0 Å². The summed E-state index contributed by atoms with van der Waals surface area (Å²) in [5, 5.41) is 14.8. The van der Waals surface area contributed by atoms with Crippen LogP contribution < -0.4 is 10.6 Å². The molecule has 4 N–H and O–H groups in total. The smallest absolute Gasteiger partial charge is 0.416 e. The molecule has 0 aliphatic heterocycles. The van der Waals surface area contributed by atoms with Crippen LogP contribution in [0, 0.1) is 0 Å². The first kappa shape index (κ1) is 20.9. The highest BCUT2D eigenvalue weighted by Gasteiger charge is 2.30. The van der Waals surface area contributed by atoms with Gasteiger partial charge in [0.15, 0.2) is 0 Å². The lowest BCUT2D eigenvalue weighted by Crippen LogP contribution is -2.19. The molecule has 2 heterocycles. The Morgan fingerprint density at radius 2 is 1.62 bits per heavy atom. The number of hydrogen-bond acceptors (Lipinski definition) is 3. The number of carboxylic acid groups (broad SMARTS) is 1. The summed E-state index contributed by atoms with van der Waals surface area (Å²) < 4.78 is 38.1. The van der Waals surface area contributed by atoms with Crippen LogP contribution in [0.1, 0.15) is 15.9 Å². The SMILES string of the molecule is O=C(Nc1ccc(C(F)(F)F)cc1)Nc1c[nH]c2nccc(-c3ccc(C(=O)O)cc3)c12. The normalized spacial score (nSPS) is 11.3. The fraction of sp³-hybridized carbons (Fsp3) is 0.0455. The predicted octanol–water partition coefficient (Wildman–Crippen LogP) is 5.59.